The molecule has 3 aromatic rings. The molecule has 25 heavy (non-hydrogen) atoms. The van der Waals surface area contributed by atoms with Crippen LogP contribution in [0.3, 0.4) is 0 Å². The number of aryl methyl sites for hydroxylation is 4. The molecule has 3 heteroatoms. The normalized spacial score (nSPS) is 10.7. The summed E-state index contributed by atoms with van der Waals surface area (Å²) in [5.74, 6) is 0.846. The van der Waals surface area contributed by atoms with Gasteiger partial charge >= 0.3 is 0 Å². The van der Waals surface area contributed by atoms with Gasteiger partial charge in [-0.3, -0.25) is 0 Å². The first kappa shape index (κ1) is 16.9. The highest BCUT2D eigenvalue weighted by molar-refractivity contribution is 5.35. The third-order valence-electron chi connectivity index (χ3n) is 4.31. The van der Waals surface area contributed by atoms with Crippen molar-refractivity contribution in [2.45, 2.75) is 25.7 Å². The van der Waals surface area contributed by atoms with Gasteiger partial charge < -0.3 is 15.3 Å². The lowest BCUT2D eigenvalue weighted by Crippen LogP contribution is -1.95. The van der Waals surface area contributed by atoms with Crippen LogP contribution in [0.4, 0.5) is 0 Å². The molecule has 0 saturated carbocycles. The molecule has 0 aliphatic rings. The van der Waals surface area contributed by atoms with Crippen LogP contribution in [0.2, 0.25) is 0 Å². The molecule has 3 rings (SSSR count). The van der Waals surface area contributed by atoms with Crippen molar-refractivity contribution >= 4 is 0 Å². The summed E-state index contributed by atoms with van der Waals surface area (Å²) in [7, 11) is 0. The predicted octanol–water partition coefficient (Wildman–Crippen LogP) is 4.37. The van der Waals surface area contributed by atoms with Crippen molar-refractivity contribution in [3.05, 3.63) is 89.0 Å². The zero-order valence-corrected chi connectivity index (χ0v) is 14.0. The Hall–Kier alpha value is -2.94. The highest BCUT2D eigenvalue weighted by Gasteiger charge is 2.03. The maximum absolute atomic E-state index is 9.99. The lowest BCUT2D eigenvalue weighted by Gasteiger charge is -2.08. The molecule has 0 aliphatic heterocycles. The second-order valence-electron chi connectivity index (χ2n) is 6.34. The lowest BCUT2D eigenvalue weighted by atomic mass is 9.99. The first-order chi connectivity index (χ1) is 12.1. The quantitative estimate of drug-likeness (QED) is 0.627. The number of rotatable bonds is 6. The van der Waals surface area contributed by atoms with Gasteiger partial charge in [-0.1, -0.05) is 30.3 Å². The SMILES string of the molecule is Oc1ccc(CCc2cc(O)cc(CCc3ccc(O)cc3)c2)cc1. The molecule has 3 N–H and O–H groups in total. The minimum absolute atomic E-state index is 0.276. The highest BCUT2D eigenvalue weighted by Crippen LogP contribution is 2.20. The third-order valence-corrected chi connectivity index (χ3v) is 4.31. The molecule has 3 nitrogen and oxygen atoms in total. The lowest BCUT2D eigenvalue weighted by molar-refractivity contribution is 0.473. The number of benzene rings is 3. The largest absolute Gasteiger partial charge is 0.508 e. The summed E-state index contributed by atoms with van der Waals surface area (Å²) >= 11 is 0. The van der Waals surface area contributed by atoms with Gasteiger partial charge in [0.1, 0.15) is 17.2 Å². The fourth-order valence-corrected chi connectivity index (χ4v) is 2.93. The number of hydrogen-bond donors (Lipinski definition) is 3. The van der Waals surface area contributed by atoms with E-state index < -0.39 is 0 Å². The van der Waals surface area contributed by atoms with E-state index in [1.165, 1.54) is 0 Å². The van der Waals surface area contributed by atoms with Gasteiger partial charge in [0.2, 0.25) is 0 Å². The maximum atomic E-state index is 9.99. The summed E-state index contributed by atoms with van der Waals surface area (Å²) in [6.07, 6.45) is 3.40. The van der Waals surface area contributed by atoms with Crippen molar-refractivity contribution in [3.8, 4) is 17.2 Å². The molecular formula is C22H22O3. The molecule has 0 radical (unpaired) electrons. The first-order valence-electron chi connectivity index (χ1n) is 8.46. The van der Waals surface area contributed by atoms with E-state index in [9.17, 15) is 15.3 Å². The topological polar surface area (TPSA) is 60.7 Å². The van der Waals surface area contributed by atoms with Gasteiger partial charge in [-0.05, 0) is 84.3 Å². The number of hydrogen-bond acceptors (Lipinski definition) is 3. The molecule has 0 saturated heterocycles. The molecule has 0 heterocycles. The van der Waals surface area contributed by atoms with E-state index in [2.05, 4.69) is 6.07 Å². The van der Waals surface area contributed by atoms with E-state index in [0.29, 0.717) is 5.75 Å². The van der Waals surface area contributed by atoms with Gasteiger partial charge in [0.05, 0.1) is 0 Å². The monoisotopic (exact) mass is 334 g/mol. The average Bonchev–Trinajstić information content (AvgIpc) is 2.60. The minimum atomic E-state index is 0.276. The van der Waals surface area contributed by atoms with Crippen LogP contribution in [0.25, 0.3) is 0 Å². The van der Waals surface area contributed by atoms with Crippen molar-refractivity contribution in [1.82, 2.24) is 0 Å². The highest BCUT2D eigenvalue weighted by atomic mass is 16.3. The fraction of sp³-hybridized carbons (Fsp3) is 0.182. The zero-order valence-electron chi connectivity index (χ0n) is 14.0. The molecule has 0 aromatic heterocycles. The Kier molecular flexibility index (Phi) is 5.24. The van der Waals surface area contributed by atoms with E-state index in [-0.39, 0.29) is 11.5 Å². The Labute approximate surface area is 147 Å². The van der Waals surface area contributed by atoms with Gasteiger partial charge in [0.15, 0.2) is 0 Å². The molecule has 0 spiro atoms. The number of phenols is 3. The van der Waals surface area contributed by atoms with E-state index in [1.54, 1.807) is 24.3 Å². The van der Waals surface area contributed by atoms with Crippen LogP contribution < -0.4 is 0 Å². The first-order valence-corrected chi connectivity index (χ1v) is 8.46. The Morgan fingerprint density at radius 2 is 0.760 bits per heavy atom. The van der Waals surface area contributed by atoms with Crippen molar-refractivity contribution in [2.75, 3.05) is 0 Å². The molecule has 0 aliphatic carbocycles. The molecule has 3 aromatic carbocycles. The van der Waals surface area contributed by atoms with Crippen molar-refractivity contribution in [1.29, 1.82) is 0 Å². The van der Waals surface area contributed by atoms with E-state index >= 15 is 0 Å². The molecule has 0 atom stereocenters. The van der Waals surface area contributed by atoms with E-state index in [1.807, 2.05) is 36.4 Å². The summed E-state index contributed by atoms with van der Waals surface area (Å²) in [5, 5.41) is 28.7. The Balaban J connectivity index is 1.63. The van der Waals surface area contributed by atoms with Gasteiger partial charge in [-0.2, -0.15) is 0 Å². The van der Waals surface area contributed by atoms with Crippen molar-refractivity contribution in [2.24, 2.45) is 0 Å². The van der Waals surface area contributed by atoms with Crippen molar-refractivity contribution < 1.29 is 15.3 Å². The smallest absolute Gasteiger partial charge is 0.116 e. The number of aromatic hydroxyl groups is 3. The Morgan fingerprint density at radius 3 is 1.16 bits per heavy atom. The van der Waals surface area contributed by atoms with E-state index in [0.717, 1.165) is 47.9 Å². The minimum Gasteiger partial charge on any atom is -0.508 e. The van der Waals surface area contributed by atoms with Crippen LogP contribution >= 0.6 is 0 Å². The van der Waals surface area contributed by atoms with Gasteiger partial charge in [0.25, 0.3) is 0 Å². The average molecular weight is 334 g/mol. The Morgan fingerprint density at radius 1 is 0.400 bits per heavy atom. The van der Waals surface area contributed by atoms with Gasteiger partial charge in [-0.15, -0.1) is 0 Å². The molecule has 0 amide bonds. The zero-order chi connectivity index (χ0) is 17.6. The Bertz CT molecular complexity index is 753. The van der Waals surface area contributed by atoms with Gasteiger partial charge in [0, 0.05) is 0 Å². The summed E-state index contributed by atoms with van der Waals surface area (Å²) in [6.45, 7) is 0. The molecule has 0 fully saturated rings. The van der Waals surface area contributed by atoms with Crippen LogP contribution in [0.5, 0.6) is 17.2 Å². The summed E-state index contributed by atoms with van der Waals surface area (Å²) in [6, 6.07) is 20.2. The standard InChI is InChI=1S/C22H22O3/c23-20-9-5-16(6-10-20)1-3-18-13-19(15-22(25)14-18)4-2-17-7-11-21(24)12-8-17/h5-15,23-25H,1-4H2. The van der Waals surface area contributed by atoms with Gasteiger partial charge in [-0.25, -0.2) is 0 Å². The predicted molar refractivity (Wildman–Crippen MR) is 99.1 cm³/mol. The molecule has 128 valence electrons. The number of phenolic OH excluding ortho intramolecular Hbond substituents is 3. The van der Waals surface area contributed by atoms with Crippen LogP contribution in [0, 0.1) is 0 Å². The van der Waals surface area contributed by atoms with Crippen LogP contribution in [-0.2, 0) is 25.7 Å². The van der Waals surface area contributed by atoms with E-state index in [4.69, 9.17) is 0 Å². The molecule has 0 unspecified atom stereocenters. The van der Waals surface area contributed by atoms with Crippen molar-refractivity contribution in [3.63, 3.8) is 0 Å². The van der Waals surface area contributed by atoms with Crippen LogP contribution in [-0.4, -0.2) is 15.3 Å². The second kappa shape index (κ2) is 7.75. The second-order valence-corrected chi connectivity index (χ2v) is 6.34. The van der Waals surface area contributed by atoms with Crippen LogP contribution in [0.15, 0.2) is 66.7 Å². The molecular weight excluding hydrogens is 312 g/mol. The molecule has 0 bridgehead atoms. The summed E-state index contributed by atoms with van der Waals surface area (Å²) in [5.41, 5.74) is 4.53. The maximum Gasteiger partial charge on any atom is 0.116 e. The third kappa shape index (κ3) is 5.01. The summed E-state index contributed by atoms with van der Waals surface area (Å²) < 4.78 is 0. The fourth-order valence-electron chi connectivity index (χ4n) is 2.93. The van der Waals surface area contributed by atoms with Crippen LogP contribution in [0.1, 0.15) is 22.3 Å². The summed E-state index contributed by atoms with van der Waals surface area (Å²) in [4.78, 5) is 0.